The summed E-state index contributed by atoms with van der Waals surface area (Å²) < 4.78 is 17.4. The molecule has 2 atom stereocenters. The third-order valence-corrected chi connectivity index (χ3v) is 9.85. The van der Waals surface area contributed by atoms with Crippen LogP contribution in [0.3, 0.4) is 0 Å². The summed E-state index contributed by atoms with van der Waals surface area (Å²) >= 11 is 0. The highest BCUT2D eigenvalue weighted by Crippen LogP contribution is 2.36. The van der Waals surface area contributed by atoms with Crippen molar-refractivity contribution >= 4 is 14.3 Å². The SMILES string of the molecule is CC[Si](CC)(CC)OC1COCC(C(=O)OC)(c2ncccn2)C1. The summed E-state index contributed by atoms with van der Waals surface area (Å²) in [6.07, 6.45) is 3.65. The molecule has 24 heavy (non-hydrogen) atoms. The van der Waals surface area contributed by atoms with E-state index in [4.69, 9.17) is 13.9 Å². The molecule has 0 spiro atoms. The third kappa shape index (κ3) is 3.68. The Morgan fingerprint density at radius 3 is 2.46 bits per heavy atom. The van der Waals surface area contributed by atoms with Crippen molar-refractivity contribution in [2.24, 2.45) is 0 Å². The average Bonchev–Trinajstić information content (AvgIpc) is 2.66. The van der Waals surface area contributed by atoms with Crippen molar-refractivity contribution in [2.75, 3.05) is 20.3 Å². The van der Waals surface area contributed by atoms with Crippen molar-refractivity contribution in [3.8, 4) is 0 Å². The quantitative estimate of drug-likeness (QED) is 0.555. The number of carbonyl (C=O) groups excluding carboxylic acids is 1. The Balaban J connectivity index is 2.29. The lowest BCUT2D eigenvalue weighted by Gasteiger charge is -2.41. The summed E-state index contributed by atoms with van der Waals surface area (Å²) in [5, 5.41) is 0. The van der Waals surface area contributed by atoms with Crippen LogP contribution in [-0.2, 0) is 24.1 Å². The van der Waals surface area contributed by atoms with Crippen molar-refractivity contribution in [1.29, 1.82) is 0 Å². The summed E-state index contributed by atoms with van der Waals surface area (Å²) in [5.74, 6) is 0.0840. The van der Waals surface area contributed by atoms with Crippen LogP contribution in [0.1, 0.15) is 33.0 Å². The minimum absolute atomic E-state index is 0.131. The number of carbonyl (C=O) groups is 1. The van der Waals surface area contributed by atoms with E-state index in [1.54, 1.807) is 18.5 Å². The van der Waals surface area contributed by atoms with Gasteiger partial charge in [0.15, 0.2) is 13.7 Å². The van der Waals surface area contributed by atoms with Crippen molar-refractivity contribution in [1.82, 2.24) is 9.97 Å². The maximum atomic E-state index is 12.6. The van der Waals surface area contributed by atoms with Gasteiger partial charge in [-0.25, -0.2) is 9.97 Å². The zero-order valence-corrected chi connectivity index (χ0v) is 16.1. The van der Waals surface area contributed by atoms with Crippen LogP contribution in [-0.4, -0.2) is 50.7 Å². The minimum Gasteiger partial charge on any atom is -0.468 e. The van der Waals surface area contributed by atoms with E-state index >= 15 is 0 Å². The van der Waals surface area contributed by atoms with Gasteiger partial charge in [-0.2, -0.15) is 0 Å². The van der Waals surface area contributed by atoms with Crippen LogP contribution in [0, 0.1) is 0 Å². The Labute approximate surface area is 145 Å². The molecule has 1 aliphatic heterocycles. The predicted molar refractivity (Wildman–Crippen MR) is 93.2 cm³/mol. The lowest BCUT2D eigenvalue weighted by molar-refractivity contribution is -0.158. The molecule has 1 aromatic heterocycles. The molecule has 2 heterocycles. The smallest absolute Gasteiger partial charge is 0.322 e. The van der Waals surface area contributed by atoms with Gasteiger partial charge in [0.2, 0.25) is 0 Å². The number of nitrogens with zero attached hydrogens (tertiary/aromatic N) is 2. The lowest BCUT2D eigenvalue weighted by atomic mass is 9.80. The molecule has 2 unspecified atom stereocenters. The zero-order chi connectivity index (χ0) is 17.6. The molecule has 1 saturated heterocycles. The molecule has 7 heteroatoms. The van der Waals surface area contributed by atoms with Crippen LogP contribution in [0.2, 0.25) is 18.1 Å². The second-order valence-electron chi connectivity index (χ2n) is 6.35. The van der Waals surface area contributed by atoms with Gasteiger partial charge in [0, 0.05) is 18.8 Å². The standard InChI is InChI=1S/C17H28N2O4Si/c1-5-24(6-2,7-3)23-14-11-17(13-22-12-14,16(20)21-4)15-18-9-8-10-19-15/h8-10,14H,5-7,11-13H2,1-4H3. The van der Waals surface area contributed by atoms with Crippen LogP contribution in [0.25, 0.3) is 0 Å². The van der Waals surface area contributed by atoms with E-state index in [1.807, 2.05) is 0 Å². The predicted octanol–water partition coefficient (Wildman–Crippen LogP) is 2.70. The molecule has 6 nitrogen and oxygen atoms in total. The molecule has 0 N–H and O–H groups in total. The van der Waals surface area contributed by atoms with Crippen molar-refractivity contribution < 1.29 is 18.7 Å². The van der Waals surface area contributed by atoms with Gasteiger partial charge in [-0.3, -0.25) is 4.79 Å². The summed E-state index contributed by atoms with van der Waals surface area (Å²) in [6, 6.07) is 4.91. The number of rotatable bonds is 7. The monoisotopic (exact) mass is 352 g/mol. The molecular weight excluding hydrogens is 324 g/mol. The zero-order valence-electron chi connectivity index (χ0n) is 15.1. The first kappa shape index (κ1) is 19.0. The van der Waals surface area contributed by atoms with Gasteiger partial charge in [0.05, 0.1) is 26.4 Å². The summed E-state index contributed by atoms with van der Waals surface area (Å²) in [6.45, 7) is 7.30. The number of ether oxygens (including phenoxy) is 2. The molecule has 0 aliphatic carbocycles. The Hall–Kier alpha value is -1.31. The van der Waals surface area contributed by atoms with Gasteiger partial charge in [0.1, 0.15) is 5.82 Å². The molecule has 0 radical (unpaired) electrons. The van der Waals surface area contributed by atoms with Crippen molar-refractivity contribution in [2.45, 2.75) is 56.8 Å². The Morgan fingerprint density at radius 1 is 1.29 bits per heavy atom. The van der Waals surface area contributed by atoms with Gasteiger partial charge in [0.25, 0.3) is 0 Å². The lowest BCUT2D eigenvalue weighted by Crippen LogP contribution is -2.53. The van der Waals surface area contributed by atoms with Gasteiger partial charge in [-0.15, -0.1) is 0 Å². The topological polar surface area (TPSA) is 70.5 Å². The first-order valence-electron chi connectivity index (χ1n) is 8.67. The van der Waals surface area contributed by atoms with E-state index < -0.39 is 13.7 Å². The van der Waals surface area contributed by atoms with Crippen molar-refractivity contribution in [3.05, 3.63) is 24.3 Å². The van der Waals surface area contributed by atoms with E-state index in [0.717, 1.165) is 18.1 Å². The fraction of sp³-hybridized carbons (Fsp3) is 0.706. The number of hydrogen-bond donors (Lipinski definition) is 0. The van der Waals surface area contributed by atoms with E-state index in [0.29, 0.717) is 18.9 Å². The van der Waals surface area contributed by atoms with E-state index in [-0.39, 0.29) is 18.7 Å². The molecule has 134 valence electrons. The summed E-state index contributed by atoms with van der Waals surface area (Å²) in [4.78, 5) is 21.2. The largest absolute Gasteiger partial charge is 0.468 e. The number of aromatic nitrogens is 2. The van der Waals surface area contributed by atoms with Gasteiger partial charge in [-0.1, -0.05) is 20.8 Å². The van der Waals surface area contributed by atoms with E-state index in [2.05, 4.69) is 30.7 Å². The Morgan fingerprint density at radius 2 is 1.92 bits per heavy atom. The normalized spacial score (nSPS) is 24.6. The molecule has 0 saturated carbocycles. The maximum Gasteiger partial charge on any atom is 0.322 e. The fourth-order valence-electron chi connectivity index (χ4n) is 3.43. The minimum atomic E-state index is -1.79. The van der Waals surface area contributed by atoms with Crippen LogP contribution in [0.4, 0.5) is 0 Å². The van der Waals surface area contributed by atoms with Crippen LogP contribution in [0.5, 0.6) is 0 Å². The van der Waals surface area contributed by atoms with Gasteiger partial charge >= 0.3 is 5.97 Å². The van der Waals surface area contributed by atoms with Gasteiger partial charge < -0.3 is 13.9 Å². The number of methoxy groups -OCH3 is 1. The molecule has 1 aromatic rings. The van der Waals surface area contributed by atoms with Crippen molar-refractivity contribution in [3.63, 3.8) is 0 Å². The van der Waals surface area contributed by atoms with Crippen LogP contribution < -0.4 is 0 Å². The second kappa shape index (κ2) is 8.18. The molecule has 1 fully saturated rings. The molecule has 0 aromatic carbocycles. The van der Waals surface area contributed by atoms with E-state index in [9.17, 15) is 4.79 Å². The average molecular weight is 353 g/mol. The number of hydrogen-bond acceptors (Lipinski definition) is 6. The second-order valence-corrected chi connectivity index (χ2v) is 11.1. The maximum absolute atomic E-state index is 12.6. The molecule has 0 amide bonds. The highest BCUT2D eigenvalue weighted by Gasteiger charge is 2.50. The Kier molecular flexibility index (Phi) is 6.48. The molecule has 1 aliphatic rings. The fourth-order valence-corrected chi connectivity index (χ4v) is 6.29. The van der Waals surface area contributed by atoms with Crippen LogP contribution >= 0.6 is 0 Å². The summed E-state index contributed by atoms with van der Waals surface area (Å²) in [7, 11) is -0.397. The molecule has 0 bridgehead atoms. The third-order valence-electron chi connectivity index (χ3n) is 5.15. The van der Waals surface area contributed by atoms with Crippen LogP contribution in [0.15, 0.2) is 18.5 Å². The van der Waals surface area contributed by atoms with Gasteiger partial charge in [-0.05, 0) is 24.2 Å². The first-order chi connectivity index (χ1) is 11.6. The first-order valence-corrected chi connectivity index (χ1v) is 11.2. The number of esters is 1. The highest BCUT2D eigenvalue weighted by molar-refractivity contribution is 6.73. The molecule has 2 rings (SSSR count). The Bertz CT molecular complexity index is 530. The van der Waals surface area contributed by atoms with E-state index in [1.165, 1.54) is 7.11 Å². The summed E-state index contributed by atoms with van der Waals surface area (Å²) in [5.41, 5.74) is -0.992. The highest BCUT2D eigenvalue weighted by atomic mass is 28.4. The molecular formula is C17H28N2O4Si.